The van der Waals surface area contributed by atoms with E-state index in [1.165, 1.54) is 17.0 Å². The molecule has 0 aliphatic carbocycles. The van der Waals surface area contributed by atoms with Gasteiger partial charge in [0.2, 0.25) is 0 Å². The maximum Gasteiger partial charge on any atom is 0.345 e. The molecule has 6 heteroatoms. The molecule has 0 saturated carbocycles. The standard InChI is InChI=1S/C14H12ClNO3S/c1-16(8-9-4-2-3-5-10(9)15)13(17)11-6-7-12(20-11)14(18)19/h2-7H,8H2,1H3,(H,18,19). The van der Waals surface area contributed by atoms with E-state index < -0.39 is 5.97 Å². The molecule has 0 radical (unpaired) electrons. The van der Waals surface area contributed by atoms with Crippen molar-refractivity contribution >= 4 is 34.8 Å². The molecule has 0 saturated heterocycles. The van der Waals surface area contributed by atoms with E-state index in [1.807, 2.05) is 18.2 Å². The lowest BCUT2D eigenvalue weighted by atomic mass is 10.2. The number of hydrogen-bond donors (Lipinski definition) is 1. The summed E-state index contributed by atoms with van der Waals surface area (Å²) in [5.74, 6) is -1.25. The highest BCUT2D eigenvalue weighted by molar-refractivity contribution is 7.15. The van der Waals surface area contributed by atoms with Crippen molar-refractivity contribution in [3.05, 3.63) is 56.7 Å². The highest BCUT2D eigenvalue weighted by Crippen LogP contribution is 2.21. The van der Waals surface area contributed by atoms with Gasteiger partial charge in [0.25, 0.3) is 5.91 Å². The van der Waals surface area contributed by atoms with E-state index in [-0.39, 0.29) is 10.8 Å². The first kappa shape index (κ1) is 14.6. The molecular formula is C14H12ClNO3S. The number of aromatic carboxylic acids is 1. The third kappa shape index (κ3) is 3.18. The predicted molar refractivity (Wildman–Crippen MR) is 78.5 cm³/mol. The molecular weight excluding hydrogens is 298 g/mol. The molecule has 0 atom stereocenters. The lowest BCUT2D eigenvalue weighted by Gasteiger charge is -2.17. The van der Waals surface area contributed by atoms with Crippen LogP contribution in [-0.2, 0) is 6.54 Å². The van der Waals surface area contributed by atoms with Crippen LogP contribution in [0.2, 0.25) is 5.02 Å². The van der Waals surface area contributed by atoms with Gasteiger partial charge in [-0.1, -0.05) is 29.8 Å². The summed E-state index contributed by atoms with van der Waals surface area (Å²) in [4.78, 5) is 25.1. The smallest absolute Gasteiger partial charge is 0.345 e. The van der Waals surface area contributed by atoms with E-state index in [9.17, 15) is 9.59 Å². The molecule has 1 aromatic carbocycles. The molecule has 20 heavy (non-hydrogen) atoms. The third-order valence-corrected chi connectivity index (χ3v) is 4.17. The first-order valence-corrected chi connectivity index (χ1v) is 7.00. The Hall–Kier alpha value is -1.85. The van der Waals surface area contributed by atoms with E-state index in [1.54, 1.807) is 13.1 Å². The van der Waals surface area contributed by atoms with Gasteiger partial charge in [-0.25, -0.2) is 4.79 Å². The molecule has 0 aliphatic rings. The first-order chi connectivity index (χ1) is 9.49. The summed E-state index contributed by atoms with van der Waals surface area (Å²) < 4.78 is 0. The second-order valence-corrected chi connectivity index (χ2v) is 5.71. The summed E-state index contributed by atoms with van der Waals surface area (Å²) in [6, 6.07) is 10.3. The number of carboxylic acids is 1. The van der Waals surface area contributed by atoms with Gasteiger partial charge in [0.1, 0.15) is 4.88 Å². The molecule has 1 aromatic heterocycles. The van der Waals surface area contributed by atoms with Gasteiger partial charge in [0.05, 0.1) is 4.88 Å². The van der Waals surface area contributed by atoms with Gasteiger partial charge in [-0.3, -0.25) is 4.79 Å². The zero-order valence-corrected chi connectivity index (χ0v) is 12.2. The Kier molecular flexibility index (Phi) is 4.42. The normalized spacial score (nSPS) is 10.3. The van der Waals surface area contributed by atoms with Crippen molar-refractivity contribution in [1.82, 2.24) is 4.90 Å². The summed E-state index contributed by atoms with van der Waals surface area (Å²) in [5.41, 5.74) is 0.847. The zero-order valence-electron chi connectivity index (χ0n) is 10.7. The maximum atomic E-state index is 12.2. The number of carbonyl (C=O) groups excluding carboxylic acids is 1. The van der Waals surface area contributed by atoms with E-state index in [0.29, 0.717) is 16.4 Å². The van der Waals surface area contributed by atoms with Crippen LogP contribution in [0.1, 0.15) is 24.9 Å². The number of hydrogen-bond acceptors (Lipinski definition) is 3. The average molecular weight is 310 g/mol. The Labute approximate surface area is 125 Å². The van der Waals surface area contributed by atoms with E-state index in [2.05, 4.69) is 0 Å². The molecule has 4 nitrogen and oxygen atoms in total. The van der Waals surface area contributed by atoms with Crippen LogP contribution >= 0.6 is 22.9 Å². The molecule has 1 amide bonds. The van der Waals surface area contributed by atoms with Gasteiger partial charge < -0.3 is 10.0 Å². The number of benzene rings is 1. The number of rotatable bonds is 4. The van der Waals surface area contributed by atoms with Crippen molar-refractivity contribution in [3.63, 3.8) is 0 Å². The topological polar surface area (TPSA) is 57.6 Å². The number of carbonyl (C=O) groups is 2. The number of halogens is 1. The van der Waals surface area contributed by atoms with Gasteiger partial charge in [-0.05, 0) is 23.8 Å². The molecule has 0 fully saturated rings. The molecule has 1 N–H and O–H groups in total. The van der Waals surface area contributed by atoms with Crippen LogP contribution in [0.3, 0.4) is 0 Å². The van der Waals surface area contributed by atoms with Crippen LogP contribution in [0.5, 0.6) is 0 Å². The molecule has 2 rings (SSSR count). The Balaban J connectivity index is 2.12. The molecule has 0 aliphatic heterocycles. The molecule has 0 bridgehead atoms. The number of carboxylic acid groups (broad SMARTS) is 1. The summed E-state index contributed by atoms with van der Waals surface area (Å²) in [7, 11) is 1.66. The van der Waals surface area contributed by atoms with Crippen LogP contribution in [0.15, 0.2) is 36.4 Å². The molecule has 104 valence electrons. The molecule has 2 aromatic rings. The predicted octanol–water partition coefficient (Wildman–Crippen LogP) is 3.37. The first-order valence-electron chi connectivity index (χ1n) is 5.81. The Morgan fingerprint density at radius 2 is 1.85 bits per heavy atom. The number of amides is 1. The molecule has 0 spiro atoms. The lowest BCUT2D eigenvalue weighted by molar-refractivity contribution is 0.0701. The van der Waals surface area contributed by atoms with Crippen molar-refractivity contribution < 1.29 is 14.7 Å². The largest absolute Gasteiger partial charge is 0.477 e. The van der Waals surface area contributed by atoms with Crippen molar-refractivity contribution in [2.24, 2.45) is 0 Å². The highest BCUT2D eigenvalue weighted by atomic mass is 35.5. The summed E-state index contributed by atoms with van der Waals surface area (Å²) >= 11 is 7.02. The van der Waals surface area contributed by atoms with Crippen LogP contribution < -0.4 is 0 Å². The van der Waals surface area contributed by atoms with E-state index in [4.69, 9.17) is 16.7 Å². The van der Waals surface area contributed by atoms with Crippen molar-refractivity contribution in [3.8, 4) is 0 Å². The SMILES string of the molecule is CN(Cc1ccccc1Cl)C(=O)c1ccc(C(=O)O)s1. The van der Waals surface area contributed by atoms with Crippen molar-refractivity contribution in [2.75, 3.05) is 7.05 Å². The monoisotopic (exact) mass is 309 g/mol. The van der Waals surface area contributed by atoms with Gasteiger partial charge in [-0.2, -0.15) is 0 Å². The summed E-state index contributed by atoms with van der Waals surface area (Å²) in [6.07, 6.45) is 0. The Bertz CT molecular complexity index is 653. The highest BCUT2D eigenvalue weighted by Gasteiger charge is 2.17. The average Bonchev–Trinajstić information content (AvgIpc) is 2.90. The minimum atomic E-state index is -1.03. The van der Waals surface area contributed by atoms with E-state index >= 15 is 0 Å². The minimum Gasteiger partial charge on any atom is -0.477 e. The van der Waals surface area contributed by atoms with E-state index in [0.717, 1.165) is 16.9 Å². The van der Waals surface area contributed by atoms with Crippen molar-refractivity contribution in [2.45, 2.75) is 6.54 Å². The fourth-order valence-electron chi connectivity index (χ4n) is 1.71. The van der Waals surface area contributed by atoms with Crippen LogP contribution in [0, 0.1) is 0 Å². The quantitative estimate of drug-likeness (QED) is 0.942. The van der Waals surface area contributed by atoms with Crippen LogP contribution in [0.25, 0.3) is 0 Å². The summed E-state index contributed by atoms with van der Waals surface area (Å²) in [6.45, 7) is 0.374. The van der Waals surface area contributed by atoms with Crippen molar-refractivity contribution in [1.29, 1.82) is 0 Å². The van der Waals surface area contributed by atoms with Crippen LogP contribution in [-0.4, -0.2) is 28.9 Å². The van der Waals surface area contributed by atoms with Crippen LogP contribution in [0.4, 0.5) is 0 Å². The van der Waals surface area contributed by atoms with Gasteiger partial charge >= 0.3 is 5.97 Å². The lowest BCUT2D eigenvalue weighted by Crippen LogP contribution is -2.25. The van der Waals surface area contributed by atoms with Gasteiger partial charge in [0.15, 0.2) is 0 Å². The number of thiophene rings is 1. The third-order valence-electron chi connectivity index (χ3n) is 2.74. The minimum absolute atomic E-state index is 0.152. The second kappa shape index (κ2) is 6.07. The maximum absolute atomic E-state index is 12.2. The summed E-state index contributed by atoms with van der Waals surface area (Å²) in [5, 5.41) is 9.46. The molecule has 1 heterocycles. The fraction of sp³-hybridized carbons (Fsp3) is 0.143. The van der Waals surface area contributed by atoms with Gasteiger partial charge in [0, 0.05) is 18.6 Å². The second-order valence-electron chi connectivity index (χ2n) is 4.22. The Morgan fingerprint density at radius 1 is 1.20 bits per heavy atom. The zero-order chi connectivity index (χ0) is 14.7. The molecule has 0 unspecified atom stereocenters. The van der Waals surface area contributed by atoms with Gasteiger partial charge in [-0.15, -0.1) is 11.3 Å². The fourth-order valence-corrected chi connectivity index (χ4v) is 2.74. The number of nitrogens with zero attached hydrogens (tertiary/aromatic N) is 1. The Morgan fingerprint density at radius 3 is 2.45 bits per heavy atom.